The van der Waals surface area contributed by atoms with Gasteiger partial charge >= 0.3 is 5.97 Å². The van der Waals surface area contributed by atoms with E-state index in [9.17, 15) is 14.4 Å². The molecule has 1 fully saturated rings. The van der Waals surface area contributed by atoms with Gasteiger partial charge in [0.25, 0.3) is 11.1 Å². The molecule has 0 unspecified atom stereocenters. The highest BCUT2D eigenvalue weighted by Gasteiger charge is 2.25. The third-order valence-corrected chi connectivity index (χ3v) is 5.05. The van der Waals surface area contributed by atoms with Crippen LogP contribution < -0.4 is 20.5 Å². The third-order valence-electron chi connectivity index (χ3n) is 4.24. The van der Waals surface area contributed by atoms with E-state index in [0.717, 1.165) is 17.3 Å². The second-order valence-corrected chi connectivity index (χ2v) is 7.36. The number of carbonyl (C=O) groups excluding carboxylic acids is 3. The number of rotatable bonds is 7. The van der Waals surface area contributed by atoms with Gasteiger partial charge in [0, 0.05) is 0 Å². The van der Waals surface area contributed by atoms with Crippen molar-refractivity contribution >= 4 is 35.0 Å². The predicted octanol–water partition coefficient (Wildman–Crippen LogP) is 2.85. The summed E-state index contributed by atoms with van der Waals surface area (Å²) in [5.41, 5.74) is 7.34. The van der Waals surface area contributed by atoms with Gasteiger partial charge in [0.15, 0.2) is 11.5 Å². The molecular formula is C21H20N2O6S. The van der Waals surface area contributed by atoms with E-state index in [-0.39, 0.29) is 0 Å². The van der Waals surface area contributed by atoms with Crippen molar-refractivity contribution in [3.8, 4) is 17.2 Å². The van der Waals surface area contributed by atoms with Crippen LogP contribution in [-0.2, 0) is 20.7 Å². The second kappa shape index (κ2) is 9.47. The molecular weight excluding hydrogens is 408 g/mol. The summed E-state index contributed by atoms with van der Waals surface area (Å²) in [7, 11) is 2.81. The highest BCUT2D eigenvalue weighted by Crippen LogP contribution is 2.34. The Hall–Kier alpha value is -3.30. The summed E-state index contributed by atoms with van der Waals surface area (Å²) in [6.45, 7) is 0. The molecule has 1 atom stereocenters. The molecule has 156 valence electrons. The molecule has 30 heavy (non-hydrogen) atoms. The summed E-state index contributed by atoms with van der Waals surface area (Å²) in [5, 5.41) is 1.82. The molecule has 3 N–H and O–H groups in total. The first-order chi connectivity index (χ1) is 14.4. The smallest absolute Gasteiger partial charge is 0.322 e. The highest BCUT2D eigenvalue weighted by atomic mass is 32.2. The fourth-order valence-electron chi connectivity index (χ4n) is 2.74. The van der Waals surface area contributed by atoms with Crippen molar-refractivity contribution in [1.29, 1.82) is 0 Å². The Labute approximate surface area is 177 Å². The van der Waals surface area contributed by atoms with E-state index in [2.05, 4.69) is 10.1 Å². The molecule has 8 nitrogen and oxygen atoms in total. The molecule has 2 aromatic carbocycles. The average Bonchev–Trinajstić information content (AvgIpc) is 3.06. The van der Waals surface area contributed by atoms with Crippen LogP contribution in [0.3, 0.4) is 0 Å². The monoisotopic (exact) mass is 428 g/mol. The third kappa shape index (κ3) is 5.19. The molecule has 2 aromatic rings. The lowest BCUT2D eigenvalue weighted by molar-refractivity contribution is -0.142. The van der Waals surface area contributed by atoms with Crippen molar-refractivity contribution in [3.63, 3.8) is 0 Å². The summed E-state index contributed by atoms with van der Waals surface area (Å²) < 4.78 is 15.9. The van der Waals surface area contributed by atoms with Crippen molar-refractivity contribution in [3.05, 3.63) is 58.5 Å². The van der Waals surface area contributed by atoms with E-state index < -0.39 is 23.2 Å². The summed E-state index contributed by atoms with van der Waals surface area (Å²) in [6, 6.07) is 11.6. The Kier molecular flexibility index (Phi) is 6.76. The van der Waals surface area contributed by atoms with E-state index >= 15 is 0 Å². The maximum absolute atomic E-state index is 11.7. The van der Waals surface area contributed by atoms with Crippen LogP contribution in [0.15, 0.2) is 47.4 Å². The molecule has 2 amide bonds. The highest BCUT2D eigenvalue weighted by molar-refractivity contribution is 8.18. The predicted molar refractivity (Wildman–Crippen MR) is 112 cm³/mol. The summed E-state index contributed by atoms with van der Waals surface area (Å²) in [4.78, 5) is 34.7. The first-order valence-corrected chi connectivity index (χ1v) is 9.74. The Morgan fingerprint density at radius 2 is 1.87 bits per heavy atom. The molecule has 0 aliphatic carbocycles. The van der Waals surface area contributed by atoms with Crippen LogP contribution in [0.5, 0.6) is 17.2 Å². The van der Waals surface area contributed by atoms with Gasteiger partial charge in [0.2, 0.25) is 0 Å². The van der Waals surface area contributed by atoms with E-state index in [0.29, 0.717) is 34.1 Å². The van der Waals surface area contributed by atoms with Gasteiger partial charge in [-0.3, -0.25) is 19.7 Å². The normalized spacial score (nSPS) is 15.6. The van der Waals surface area contributed by atoms with Crippen molar-refractivity contribution in [2.75, 3.05) is 14.2 Å². The van der Waals surface area contributed by atoms with E-state index in [1.807, 2.05) is 12.1 Å². The van der Waals surface area contributed by atoms with Gasteiger partial charge in [0.1, 0.15) is 11.8 Å². The summed E-state index contributed by atoms with van der Waals surface area (Å²) in [5.74, 6) is 0.643. The van der Waals surface area contributed by atoms with Crippen LogP contribution in [0.1, 0.15) is 11.1 Å². The fraction of sp³-hybridized carbons (Fsp3) is 0.190. The molecule has 3 rings (SSSR count). The van der Waals surface area contributed by atoms with Gasteiger partial charge < -0.3 is 19.9 Å². The molecule has 0 radical (unpaired) electrons. The molecule has 9 heteroatoms. The Balaban J connectivity index is 1.72. The van der Waals surface area contributed by atoms with E-state index in [1.54, 1.807) is 36.4 Å². The van der Waals surface area contributed by atoms with Crippen LogP contribution in [0, 0.1) is 0 Å². The standard InChI is InChI=1S/C21H20N2O6S/c1-27-17-10-13(11-18-19(24)23-21(26)30-18)5-8-16(17)29-14-6-3-12(4-7-14)9-15(22)20(25)28-2/h3-8,10-11,15H,9,22H2,1-2H3,(H,23,24,26)/b18-11-/t15-/m0/s1. The molecule has 1 aliphatic rings. The lowest BCUT2D eigenvalue weighted by Crippen LogP contribution is -2.33. The number of nitrogens with two attached hydrogens (primary N) is 1. The summed E-state index contributed by atoms with van der Waals surface area (Å²) >= 11 is 0.849. The Morgan fingerprint density at radius 3 is 2.47 bits per heavy atom. The van der Waals surface area contributed by atoms with Crippen LogP contribution in [-0.4, -0.2) is 37.4 Å². The number of amides is 2. The van der Waals surface area contributed by atoms with Crippen molar-refractivity contribution < 1.29 is 28.6 Å². The molecule has 1 aliphatic heterocycles. The second-order valence-electron chi connectivity index (χ2n) is 6.34. The number of ether oxygens (including phenoxy) is 3. The zero-order chi connectivity index (χ0) is 21.7. The number of hydrogen-bond acceptors (Lipinski definition) is 8. The number of imide groups is 1. The topological polar surface area (TPSA) is 117 Å². The quantitative estimate of drug-likeness (QED) is 0.511. The molecule has 1 saturated heterocycles. The van der Waals surface area contributed by atoms with Gasteiger partial charge in [-0.25, -0.2) is 0 Å². The number of hydrogen-bond donors (Lipinski definition) is 2. The van der Waals surface area contributed by atoms with Gasteiger partial charge in [-0.15, -0.1) is 0 Å². The van der Waals surface area contributed by atoms with Crippen LogP contribution >= 0.6 is 11.8 Å². The Bertz CT molecular complexity index is 1000. The van der Waals surface area contributed by atoms with Gasteiger partial charge in [-0.05, 0) is 59.7 Å². The van der Waals surface area contributed by atoms with Crippen LogP contribution in [0.4, 0.5) is 4.79 Å². The number of esters is 1. The maximum atomic E-state index is 11.7. The zero-order valence-corrected chi connectivity index (χ0v) is 17.2. The van der Waals surface area contributed by atoms with Gasteiger partial charge in [-0.1, -0.05) is 18.2 Å². The number of nitrogens with one attached hydrogen (secondary N) is 1. The first-order valence-electron chi connectivity index (χ1n) is 8.92. The number of carbonyl (C=O) groups is 3. The molecule has 0 saturated carbocycles. The lowest BCUT2D eigenvalue weighted by Gasteiger charge is -2.12. The van der Waals surface area contributed by atoms with Crippen LogP contribution in [0.2, 0.25) is 0 Å². The minimum Gasteiger partial charge on any atom is -0.493 e. The van der Waals surface area contributed by atoms with Crippen molar-refractivity contribution in [2.24, 2.45) is 5.73 Å². The minimum atomic E-state index is -0.723. The number of benzene rings is 2. The fourth-order valence-corrected chi connectivity index (χ4v) is 3.42. The SMILES string of the molecule is COC(=O)[C@@H](N)Cc1ccc(Oc2ccc(/C=C3\SC(=O)NC3=O)cc2OC)cc1. The maximum Gasteiger partial charge on any atom is 0.322 e. The minimum absolute atomic E-state index is 0.316. The average molecular weight is 428 g/mol. The van der Waals surface area contributed by atoms with Crippen molar-refractivity contribution in [2.45, 2.75) is 12.5 Å². The molecule has 1 heterocycles. The van der Waals surface area contributed by atoms with Gasteiger partial charge in [-0.2, -0.15) is 0 Å². The number of methoxy groups -OCH3 is 2. The largest absolute Gasteiger partial charge is 0.493 e. The molecule has 0 spiro atoms. The Morgan fingerprint density at radius 1 is 1.13 bits per heavy atom. The van der Waals surface area contributed by atoms with Gasteiger partial charge in [0.05, 0.1) is 19.1 Å². The van der Waals surface area contributed by atoms with E-state index in [1.165, 1.54) is 14.2 Å². The molecule has 0 bridgehead atoms. The van der Waals surface area contributed by atoms with Crippen molar-refractivity contribution in [1.82, 2.24) is 5.32 Å². The molecule has 0 aromatic heterocycles. The number of thioether (sulfide) groups is 1. The van der Waals surface area contributed by atoms with E-state index in [4.69, 9.17) is 15.2 Å². The zero-order valence-electron chi connectivity index (χ0n) is 16.3. The summed E-state index contributed by atoms with van der Waals surface area (Å²) in [6.07, 6.45) is 1.96. The first kappa shape index (κ1) is 21.4. The van der Waals surface area contributed by atoms with Crippen LogP contribution in [0.25, 0.3) is 6.08 Å². The lowest BCUT2D eigenvalue weighted by atomic mass is 10.1.